The van der Waals surface area contributed by atoms with Crippen molar-refractivity contribution in [2.24, 2.45) is 10.2 Å². The number of hydrogen-bond donors (Lipinski definition) is 6. The van der Waals surface area contributed by atoms with Crippen LogP contribution in [0.3, 0.4) is 0 Å². The van der Waals surface area contributed by atoms with Crippen molar-refractivity contribution in [1.29, 1.82) is 5.26 Å². The maximum atomic E-state index is 12.6. The zero-order chi connectivity index (χ0) is 34.9. The van der Waals surface area contributed by atoms with E-state index in [1.54, 1.807) is 6.19 Å². The molecule has 0 atom stereocenters. The van der Waals surface area contributed by atoms with Crippen LogP contribution >= 0.6 is 36.0 Å². The number of phenols is 1. The molecule has 0 aliphatic heterocycles. The minimum atomic E-state index is -5.07. The molecule has 21 nitrogen and oxygen atoms in total. The number of benzene rings is 3. The summed E-state index contributed by atoms with van der Waals surface area (Å²) in [4.78, 5) is 10.3. The molecule has 0 unspecified atom stereocenters. The van der Waals surface area contributed by atoms with Crippen LogP contribution in [0, 0.1) is 11.5 Å². The molecule has 1 heterocycles. The van der Waals surface area contributed by atoms with Crippen LogP contribution in [0.25, 0.3) is 10.8 Å². The van der Waals surface area contributed by atoms with Gasteiger partial charge in [-0.15, -0.1) is 13.8 Å². The minimum Gasteiger partial charge on any atom is -0.505 e. The summed E-state index contributed by atoms with van der Waals surface area (Å²) in [7, 11) is -8.87. The Labute approximate surface area is 282 Å². The fourth-order valence-electron chi connectivity index (χ4n) is 3.77. The van der Waals surface area contributed by atoms with Crippen molar-refractivity contribution < 1.29 is 59.9 Å². The number of azo groups is 1. The molecule has 0 aliphatic carbocycles. The average Bonchev–Trinajstić information content (AvgIpc) is 3.02. The number of fused-ring (bicyclic) bond motifs is 1. The van der Waals surface area contributed by atoms with Crippen molar-refractivity contribution in [2.75, 3.05) is 23.0 Å². The van der Waals surface area contributed by atoms with Crippen LogP contribution < -0.4 is 10.6 Å². The number of aromatic nitrogens is 3. The zero-order valence-corrected chi connectivity index (χ0v) is 27.1. The van der Waals surface area contributed by atoms with E-state index in [-0.39, 0.29) is 85.8 Å². The summed E-state index contributed by atoms with van der Waals surface area (Å²) in [5.41, 5.74) is -0.501. The SMILES string of the molecule is N#CNc1nc(Cl)nc(Nc2ccc3c(O)c(N=Nc4ccc(S(=O)(=O)CCOSOOO)cc4)c(SOOO)cc3c2S(=O)(=O)O)n1. The maximum Gasteiger partial charge on any atom is 0.297 e. The van der Waals surface area contributed by atoms with Crippen LogP contribution in [0.4, 0.5) is 29.0 Å². The molecule has 1 aromatic heterocycles. The number of anilines is 3. The van der Waals surface area contributed by atoms with Gasteiger partial charge in [-0.3, -0.25) is 14.1 Å². The third-order valence-electron chi connectivity index (χ3n) is 5.62. The quantitative estimate of drug-likeness (QED) is 0.0129. The number of nitriles is 1. The maximum absolute atomic E-state index is 12.6. The van der Waals surface area contributed by atoms with Crippen molar-refractivity contribution >= 4 is 95.7 Å². The van der Waals surface area contributed by atoms with Crippen LogP contribution in [0.15, 0.2) is 67.4 Å². The normalized spacial score (nSPS) is 12.0. The van der Waals surface area contributed by atoms with Gasteiger partial charge in [0.1, 0.15) is 10.6 Å². The molecular weight excluding hydrogens is 748 g/mol. The predicted molar refractivity (Wildman–Crippen MR) is 164 cm³/mol. The van der Waals surface area contributed by atoms with Crippen LogP contribution in [-0.2, 0) is 42.9 Å². The number of rotatable bonds is 16. The number of nitrogens with zero attached hydrogens (tertiary/aromatic N) is 6. The fourth-order valence-corrected chi connectivity index (χ4v) is 6.67. The molecule has 4 aromatic rings. The lowest BCUT2D eigenvalue weighted by Crippen LogP contribution is -2.10. The highest BCUT2D eigenvalue weighted by Crippen LogP contribution is 2.47. The van der Waals surface area contributed by atoms with Gasteiger partial charge in [-0.1, -0.05) is 10.1 Å². The molecule has 6 N–H and O–H groups in total. The van der Waals surface area contributed by atoms with Crippen LogP contribution in [0.2, 0.25) is 5.28 Å². The van der Waals surface area contributed by atoms with Crippen molar-refractivity contribution in [3.05, 3.63) is 47.7 Å². The second-order valence-corrected chi connectivity index (χ2v) is 13.5. The third kappa shape index (κ3) is 9.32. The highest BCUT2D eigenvalue weighted by Gasteiger charge is 2.25. The Bertz CT molecular complexity index is 2090. The summed E-state index contributed by atoms with van der Waals surface area (Å²) < 4.78 is 73.6. The molecule has 0 amide bonds. The van der Waals surface area contributed by atoms with Crippen LogP contribution in [0.1, 0.15) is 0 Å². The smallest absolute Gasteiger partial charge is 0.297 e. The summed E-state index contributed by atoms with van der Waals surface area (Å²) in [6, 6.07) is 8.57. The average molecular weight is 765 g/mol. The Morgan fingerprint density at radius 3 is 2.33 bits per heavy atom. The van der Waals surface area contributed by atoms with Gasteiger partial charge in [0, 0.05) is 10.8 Å². The first-order chi connectivity index (χ1) is 22.9. The largest absolute Gasteiger partial charge is 0.505 e. The predicted octanol–water partition coefficient (Wildman–Crippen LogP) is 4.89. The molecule has 0 saturated heterocycles. The van der Waals surface area contributed by atoms with E-state index in [0.29, 0.717) is 0 Å². The number of phenolic OH excluding ortho intramolecular Hbond substituents is 1. The summed E-state index contributed by atoms with van der Waals surface area (Å²) in [5.74, 6) is -1.71. The Hall–Kier alpha value is -4.01. The molecule has 254 valence electrons. The number of nitrogens with one attached hydrogen (secondary N) is 2. The molecule has 48 heavy (non-hydrogen) atoms. The Morgan fingerprint density at radius 2 is 1.67 bits per heavy atom. The molecule has 0 aliphatic rings. The molecule has 0 bridgehead atoms. The fraction of sp³-hybridized carbons (Fsp3) is 0.0909. The van der Waals surface area contributed by atoms with Crippen molar-refractivity contribution in [3.8, 4) is 11.9 Å². The van der Waals surface area contributed by atoms with E-state index in [1.165, 1.54) is 30.3 Å². The topological polar surface area (TPSA) is 307 Å². The lowest BCUT2D eigenvalue weighted by Gasteiger charge is -2.15. The lowest BCUT2D eigenvalue weighted by molar-refractivity contribution is -0.434. The second-order valence-electron chi connectivity index (χ2n) is 8.47. The number of halogens is 1. The van der Waals surface area contributed by atoms with E-state index in [4.69, 9.17) is 31.6 Å². The van der Waals surface area contributed by atoms with E-state index in [1.807, 2.05) is 0 Å². The Kier molecular flexibility index (Phi) is 12.6. The van der Waals surface area contributed by atoms with Crippen molar-refractivity contribution in [2.45, 2.75) is 14.7 Å². The van der Waals surface area contributed by atoms with E-state index < -0.39 is 36.4 Å². The van der Waals surface area contributed by atoms with E-state index >= 15 is 0 Å². The van der Waals surface area contributed by atoms with Gasteiger partial charge in [0.2, 0.25) is 17.2 Å². The van der Waals surface area contributed by atoms with Crippen LogP contribution in [0.5, 0.6) is 5.75 Å². The first kappa shape index (κ1) is 36.8. The van der Waals surface area contributed by atoms with Gasteiger partial charge in [-0.25, -0.2) is 18.9 Å². The Morgan fingerprint density at radius 1 is 0.958 bits per heavy atom. The van der Waals surface area contributed by atoms with E-state index in [2.05, 4.69) is 54.6 Å². The lowest BCUT2D eigenvalue weighted by atomic mass is 10.1. The summed E-state index contributed by atoms with van der Waals surface area (Å²) in [6.07, 6.45) is 1.58. The summed E-state index contributed by atoms with van der Waals surface area (Å²) in [5, 5.41) is 55.5. The standard InChI is InChI=1S/C22H17ClN8O13S4/c23-20-27-21(25-10-24)29-22(28-20)26-15-6-5-13-14(19(15)48(37,38)39)9-16(45-43-41-33)17(18(13)32)31-30-11-1-3-12(4-2-11)47(35,36)8-7-40-46-44-42-34/h1-6,9,32-34H,7-8H2,(H,37,38,39)(H2,25,26,27,28,29). The Balaban J connectivity index is 1.72. The molecule has 0 spiro atoms. The minimum absolute atomic E-state index is 0.0909. The van der Waals surface area contributed by atoms with E-state index in [9.17, 15) is 26.5 Å². The second kappa shape index (κ2) is 16.4. The molecule has 26 heteroatoms. The first-order valence-electron chi connectivity index (χ1n) is 12.2. The van der Waals surface area contributed by atoms with E-state index in [0.717, 1.165) is 12.1 Å². The molecular formula is C22H17ClN8O13S4. The highest BCUT2D eigenvalue weighted by atomic mass is 35.5. The zero-order valence-electron chi connectivity index (χ0n) is 23.1. The van der Waals surface area contributed by atoms with Crippen LogP contribution in [-0.4, -0.2) is 64.3 Å². The van der Waals surface area contributed by atoms with Gasteiger partial charge >= 0.3 is 0 Å². The summed E-state index contributed by atoms with van der Waals surface area (Å²) in [6.45, 7) is -0.303. The molecule has 0 radical (unpaired) electrons. The van der Waals surface area contributed by atoms with Gasteiger partial charge in [0.25, 0.3) is 10.1 Å². The van der Waals surface area contributed by atoms with Gasteiger partial charge in [0.05, 0.1) is 45.6 Å². The number of sulfone groups is 1. The molecule has 0 saturated carbocycles. The first-order valence-corrected chi connectivity index (χ1v) is 17.1. The van der Waals surface area contributed by atoms with Gasteiger partial charge in [-0.2, -0.15) is 33.7 Å². The third-order valence-corrected chi connectivity index (χ3v) is 9.44. The molecule has 0 fully saturated rings. The van der Waals surface area contributed by atoms with Gasteiger partial charge < -0.3 is 10.4 Å². The number of aromatic hydroxyl groups is 1. The van der Waals surface area contributed by atoms with Gasteiger partial charge in [-0.05, 0) is 54.1 Å². The molecule has 4 rings (SSSR count). The molecule has 3 aromatic carbocycles. The monoisotopic (exact) mass is 764 g/mol. The summed E-state index contributed by atoms with van der Waals surface area (Å²) >= 11 is 6.35. The van der Waals surface area contributed by atoms with Gasteiger partial charge in [0.15, 0.2) is 34.1 Å². The van der Waals surface area contributed by atoms with Crippen molar-refractivity contribution in [1.82, 2.24) is 15.0 Å². The van der Waals surface area contributed by atoms with Crippen molar-refractivity contribution in [3.63, 3.8) is 0 Å². The number of hydrogen-bond acceptors (Lipinski definition) is 22. The highest BCUT2D eigenvalue weighted by molar-refractivity contribution is 7.94.